The molecule has 0 bridgehead atoms. The first-order valence-electron chi connectivity index (χ1n) is 14.1. The third-order valence-corrected chi connectivity index (χ3v) is 8.16. The summed E-state index contributed by atoms with van der Waals surface area (Å²) in [5.74, 6) is -1.70. The van der Waals surface area contributed by atoms with E-state index >= 15 is 0 Å². The Bertz CT molecular complexity index is 736. The van der Waals surface area contributed by atoms with Crippen LogP contribution in [0.25, 0.3) is 0 Å². The minimum atomic E-state index is -2.51. The van der Waals surface area contributed by atoms with E-state index in [1.165, 1.54) is 0 Å². The summed E-state index contributed by atoms with van der Waals surface area (Å²) in [6, 6.07) is 7.22. The van der Waals surface area contributed by atoms with Gasteiger partial charge in [-0.15, -0.1) is 0 Å². The van der Waals surface area contributed by atoms with Crippen molar-refractivity contribution in [2.45, 2.75) is 105 Å². The molecule has 0 unspecified atom stereocenters. The molecule has 1 aliphatic rings. The minimum absolute atomic E-state index is 0.143. The van der Waals surface area contributed by atoms with E-state index in [0.717, 1.165) is 57.8 Å². The second kappa shape index (κ2) is 14.0. The molecule has 0 spiro atoms. The Morgan fingerprint density at radius 3 is 1.89 bits per heavy atom. The van der Waals surface area contributed by atoms with Crippen LogP contribution in [0.2, 0.25) is 0 Å². The standard InChI is InChI=1S/C30H52O6/c1-7-9-13-18-27(3,4)29(28(5,6)19-14-10-8-2)24-34-23-22-33-20-15-21-35-25-16-11-12-17-26(25)36-30(29,31)32/h11-12,16-17,31-32H,7-10,13-15,18-24H2,1-6H3. The van der Waals surface area contributed by atoms with Gasteiger partial charge in [-0.1, -0.05) is 92.2 Å². The van der Waals surface area contributed by atoms with Crippen molar-refractivity contribution < 1.29 is 29.2 Å². The summed E-state index contributed by atoms with van der Waals surface area (Å²) in [5, 5.41) is 24.2. The van der Waals surface area contributed by atoms with Crippen LogP contribution in [0.1, 0.15) is 99.3 Å². The number of fused-ring (bicyclic) bond motifs is 1. The first-order chi connectivity index (χ1) is 17.0. The van der Waals surface area contributed by atoms with E-state index in [0.29, 0.717) is 37.9 Å². The lowest BCUT2D eigenvalue weighted by atomic mass is 9.49. The molecule has 0 aliphatic carbocycles. The number of aliphatic hydroxyl groups is 2. The van der Waals surface area contributed by atoms with Crippen LogP contribution < -0.4 is 9.47 Å². The van der Waals surface area contributed by atoms with Gasteiger partial charge in [-0.3, -0.25) is 0 Å². The van der Waals surface area contributed by atoms with Gasteiger partial charge < -0.3 is 29.2 Å². The summed E-state index contributed by atoms with van der Waals surface area (Å²) >= 11 is 0. The van der Waals surface area contributed by atoms with Crippen molar-refractivity contribution in [1.82, 2.24) is 0 Å². The highest BCUT2D eigenvalue weighted by Gasteiger charge is 2.67. The van der Waals surface area contributed by atoms with Gasteiger partial charge >= 0.3 is 5.97 Å². The number of hydrogen-bond acceptors (Lipinski definition) is 6. The highest BCUT2D eigenvalue weighted by atomic mass is 16.8. The number of hydrogen-bond donors (Lipinski definition) is 2. The molecule has 0 atom stereocenters. The Kier molecular flexibility index (Phi) is 12.0. The molecule has 36 heavy (non-hydrogen) atoms. The van der Waals surface area contributed by atoms with E-state index < -0.39 is 22.2 Å². The van der Waals surface area contributed by atoms with Crippen LogP contribution in [-0.4, -0.2) is 49.2 Å². The molecule has 1 aromatic carbocycles. The molecule has 208 valence electrons. The monoisotopic (exact) mass is 508 g/mol. The molecule has 0 saturated carbocycles. The van der Waals surface area contributed by atoms with Gasteiger partial charge in [0.1, 0.15) is 0 Å². The van der Waals surface area contributed by atoms with Gasteiger partial charge in [-0.2, -0.15) is 0 Å². The SMILES string of the molecule is CCCCCC(C)(C)C1(C(C)(C)CCCCC)COCCOCCCOc2ccccc2OC1(O)O. The van der Waals surface area contributed by atoms with Crippen molar-refractivity contribution in [3.8, 4) is 11.5 Å². The van der Waals surface area contributed by atoms with Crippen LogP contribution >= 0.6 is 0 Å². The zero-order chi connectivity index (χ0) is 26.7. The summed E-state index contributed by atoms with van der Waals surface area (Å²) < 4.78 is 24.2. The molecule has 0 aromatic heterocycles. The smallest absolute Gasteiger partial charge is 0.331 e. The molecule has 6 heteroatoms. The largest absolute Gasteiger partial charge is 0.490 e. The molecule has 6 nitrogen and oxygen atoms in total. The van der Waals surface area contributed by atoms with Gasteiger partial charge in [0.2, 0.25) is 0 Å². The van der Waals surface area contributed by atoms with Gasteiger partial charge in [-0.05, 0) is 35.8 Å². The van der Waals surface area contributed by atoms with Crippen molar-refractivity contribution in [2.75, 3.05) is 33.0 Å². The second-order valence-electron chi connectivity index (χ2n) is 11.6. The predicted molar refractivity (Wildman–Crippen MR) is 144 cm³/mol. The van der Waals surface area contributed by atoms with Crippen LogP contribution in [0.15, 0.2) is 24.3 Å². The van der Waals surface area contributed by atoms with E-state index in [4.69, 9.17) is 18.9 Å². The Hall–Kier alpha value is -1.34. The maximum absolute atomic E-state index is 12.1. The summed E-state index contributed by atoms with van der Waals surface area (Å²) in [7, 11) is 0. The molecule has 0 fully saturated rings. The number of ether oxygens (including phenoxy) is 4. The Labute approximate surface area is 219 Å². The zero-order valence-electron chi connectivity index (χ0n) is 23.7. The fourth-order valence-electron chi connectivity index (χ4n) is 6.03. The zero-order valence-corrected chi connectivity index (χ0v) is 23.7. The quantitative estimate of drug-likeness (QED) is 0.270. The van der Waals surface area contributed by atoms with Crippen LogP contribution in [0.4, 0.5) is 0 Å². The molecule has 1 heterocycles. The summed E-state index contributed by atoms with van der Waals surface area (Å²) in [6.07, 6.45) is 8.73. The first kappa shape index (κ1) is 30.9. The van der Waals surface area contributed by atoms with Gasteiger partial charge in [0, 0.05) is 13.0 Å². The Morgan fingerprint density at radius 2 is 1.31 bits per heavy atom. The van der Waals surface area contributed by atoms with Crippen molar-refractivity contribution in [1.29, 1.82) is 0 Å². The first-order valence-corrected chi connectivity index (χ1v) is 14.1. The van der Waals surface area contributed by atoms with Gasteiger partial charge in [0.15, 0.2) is 11.5 Å². The number of benzene rings is 1. The van der Waals surface area contributed by atoms with Crippen LogP contribution in [-0.2, 0) is 9.47 Å². The van der Waals surface area contributed by atoms with Crippen molar-refractivity contribution in [3.05, 3.63) is 24.3 Å². The molecular weight excluding hydrogens is 456 g/mol. The highest BCUT2D eigenvalue weighted by Crippen LogP contribution is 2.61. The van der Waals surface area contributed by atoms with E-state index in [1.807, 2.05) is 12.1 Å². The van der Waals surface area contributed by atoms with Crippen molar-refractivity contribution in [3.63, 3.8) is 0 Å². The highest BCUT2D eigenvalue weighted by molar-refractivity contribution is 5.40. The van der Waals surface area contributed by atoms with Gasteiger partial charge in [0.05, 0.1) is 31.8 Å². The van der Waals surface area contributed by atoms with E-state index in [1.54, 1.807) is 12.1 Å². The third kappa shape index (κ3) is 7.37. The fraction of sp³-hybridized carbons (Fsp3) is 0.800. The average molecular weight is 509 g/mol. The van der Waals surface area contributed by atoms with Crippen LogP contribution in [0, 0.1) is 16.2 Å². The van der Waals surface area contributed by atoms with Crippen LogP contribution in [0.5, 0.6) is 11.5 Å². The molecule has 0 amide bonds. The molecule has 0 saturated heterocycles. The lowest BCUT2D eigenvalue weighted by Gasteiger charge is -2.60. The van der Waals surface area contributed by atoms with Crippen LogP contribution in [0.3, 0.4) is 0 Å². The molecule has 2 rings (SSSR count). The van der Waals surface area contributed by atoms with E-state index in [9.17, 15) is 10.2 Å². The molecule has 1 aliphatic heterocycles. The minimum Gasteiger partial charge on any atom is -0.490 e. The third-order valence-electron chi connectivity index (χ3n) is 8.16. The maximum Gasteiger partial charge on any atom is 0.331 e. The Morgan fingerprint density at radius 1 is 0.750 bits per heavy atom. The van der Waals surface area contributed by atoms with Crippen molar-refractivity contribution >= 4 is 0 Å². The molecular formula is C30H52O6. The summed E-state index contributed by atoms with van der Waals surface area (Å²) in [5.41, 5.74) is -2.18. The van der Waals surface area contributed by atoms with Crippen molar-refractivity contribution in [2.24, 2.45) is 16.2 Å². The normalized spacial score (nSPS) is 19.4. The number of unbranched alkanes of at least 4 members (excludes halogenated alkanes) is 4. The predicted octanol–water partition coefficient (Wildman–Crippen LogP) is 6.72. The van der Waals surface area contributed by atoms with E-state index in [2.05, 4.69) is 41.5 Å². The Balaban J connectivity index is 2.64. The summed E-state index contributed by atoms with van der Waals surface area (Å²) in [6.45, 7) is 14.9. The fourth-order valence-corrected chi connectivity index (χ4v) is 6.03. The maximum atomic E-state index is 12.1. The lowest BCUT2D eigenvalue weighted by molar-refractivity contribution is -0.412. The summed E-state index contributed by atoms with van der Waals surface area (Å²) in [4.78, 5) is 0. The van der Waals surface area contributed by atoms with E-state index in [-0.39, 0.29) is 6.61 Å². The molecule has 0 radical (unpaired) electrons. The van der Waals surface area contributed by atoms with Gasteiger partial charge in [-0.25, -0.2) is 0 Å². The topological polar surface area (TPSA) is 77.4 Å². The second-order valence-corrected chi connectivity index (χ2v) is 11.6. The van der Waals surface area contributed by atoms with Gasteiger partial charge in [0.25, 0.3) is 0 Å². The molecule has 1 aromatic rings. The molecule has 2 N–H and O–H groups in total. The average Bonchev–Trinajstić information content (AvgIpc) is 2.80. The number of rotatable bonds is 10. The lowest BCUT2D eigenvalue weighted by Crippen LogP contribution is -2.68. The number of para-hydroxylation sites is 2.